The number of rotatable bonds is 6. The number of aryl methyl sites for hydroxylation is 1. The van der Waals surface area contributed by atoms with Crippen molar-refractivity contribution in [1.82, 2.24) is 15.6 Å². The number of nitrogens with zero attached hydrogens (tertiary/aromatic N) is 1. The standard InChI is InChI=1S/C32H25F2N3O3/c1-18-6-12-22(30(38)37-32(14-15-32)25-5-3-4-16-36-25)28(34)26(18)20-9-13-24-23(17-20)27(31(39)35-2)29(40-24)19-7-10-21(33)11-8-19/h3-13,16-17H,14-15H2,1-2H3,(H,35,39)(H,37,38). The summed E-state index contributed by atoms with van der Waals surface area (Å²) in [4.78, 5) is 30.6. The van der Waals surface area contributed by atoms with E-state index in [1.165, 1.54) is 37.4 Å². The molecule has 2 N–H and O–H groups in total. The summed E-state index contributed by atoms with van der Waals surface area (Å²) in [6.45, 7) is 1.76. The smallest absolute Gasteiger partial charge is 0.255 e. The molecule has 0 unspecified atom stereocenters. The maximum Gasteiger partial charge on any atom is 0.255 e. The minimum absolute atomic E-state index is 0.0753. The van der Waals surface area contributed by atoms with Crippen molar-refractivity contribution in [2.45, 2.75) is 25.3 Å². The van der Waals surface area contributed by atoms with E-state index >= 15 is 4.39 Å². The second-order valence-corrected chi connectivity index (χ2v) is 9.97. The van der Waals surface area contributed by atoms with E-state index in [4.69, 9.17) is 4.42 Å². The average molecular weight is 538 g/mol. The fourth-order valence-electron chi connectivity index (χ4n) is 5.11. The monoisotopic (exact) mass is 537 g/mol. The largest absolute Gasteiger partial charge is 0.455 e. The lowest BCUT2D eigenvalue weighted by Gasteiger charge is -2.18. The van der Waals surface area contributed by atoms with Crippen LogP contribution < -0.4 is 10.6 Å². The number of amides is 2. The van der Waals surface area contributed by atoms with Gasteiger partial charge in [0.15, 0.2) is 0 Å². The Bertz CT molecular complexity index is 1780. The molecule has 8 heteroatoms. The van der Waals surface area contributed by atoms with Gasteiger partial charge in [-0.1, -0.05) is 18.2 Å². The van der Waals surface area contributed by atoms with Crippen molar-refractivity contribution in [1.29, 1.82) is 0 Å². The number of hydrogen-bond acceptors (Lipinski definition) is 4. The van der Waals surface area contributed by atoms with Gasteiger partial charge in [0.05, 0.1) is 22.4 Å². The van der Waals surface area contributed by atoms with Crippen LogP contribution in [-0.4, -0.2) is 23.8 Å². The Kier molecular flexibility index (Phi) is 6.18. The Balaban J connectivity index is 1.42. The Morgan fingerprint density at radius 2 is 1.68 bits per heavy atom. The summed E-state index contributed by atoms with van der Waals surface area (Å²) >= 11 is 0. The van der Waals surface area contributed by atoms with Crippen molar-refractivity contribution >= 4 is 22.8 Å². The van der Waals surface area contributed by atoms with Gasteiger partial charge < -0.3 is 15.1 Å². The summed E-state index contributed by atoms with van der Waals surface area (Å²) in [5.41, 5.74) is 2.65. The summed E-state index contributed by atoms with van der Waals surface area (Å²) in [7, 11) is 1.50. The highest BCUT2D eigenvalue weighted by atomic mass is 19.1. The van der Waals surface area contributed by atoms with E-state index in [1.54, 1.807) is 37.4 Å². The predicted molar refractivity (Wildman–Crippen MR) is 148 cm³/mol. The highest BCUT2D eigenvalue weighted by molar-refractivity contribution is 6.12. The Hall–Kier alpha value is -4.85. The van der Waals surface area contributed by atoms with Crippen molar-refractivity contribution in [2.24, 2.45) is 0 Å². The molecule has 0 radical (unpaired) electrons. The molecular formula is C32H25F2N3O3. The molecule has 2 heterocycles. The number of hydrogen-bond donors (Lipinski definition) is 2. The first kappa shape index (κ1) is 25.4. The summed E-state index contributed by atoms with van der Waals surface area (Å²) in [5.74, 6) is -1.70. The van der Waals surface area contributed by atoms with Crippen molar-refractivity contribution in [2.75, 3.05) is 7.05 Å². The fourth-order valence-corrected chi connectivity index (χ4v) is 5.11. The lowest BCUT2D eigenvalue weighted by Crippen LogP contribution is -2.36. The molecule has 5 aromatic rings. The van der Waals surface area contributed by atoms with E-state index in [0.29, 0.717) is 27.7 Å². The van der Waals surface area contributed by atoms with Crippen LogP contribution >= 0.6 is 0 Å². The van der Waals surface area contributed by atoms with Gasteiger partial charge in [0.25, 0.3) is 11.8 Å². The molecule has 2 aromatic heterocycles. The average Bonchev–Trinajstić information content (AvgIpc) is 3.65. The summed E-state index contributed by atoms with van der Waals surface area (Å²) in [6.07, 6.45) is 3.13. The van der Waals surface area contributed by atoms with Gasteiger partial charge >= 0.3 is 0 Å². The number of carbonyl (C=O) groups is 2. The molecule has 1 fully saturated rings. The Morgan fingerprint density at radius 3 is 2.35 bits per heavy atom. The molecule has 6 nitrogen and oxygen atoms in total. The maximum absolute atomic E-state index is 16.1. The van der Waals surface area contributed by atoms with Gasteiger partial charge in [-0.15, -0.1) is 0 Å². The number of pyridine rings is 1. The van der Waals surface area contributed by atoms with E-state index in [2.05, 4.69) is 15.6 Å². The number of fused-ring (bicyclic) bond motifs is 1. The van der Waals surface area contributed by atoms with Crippen molar-refractivity contribution in [3.05, 3.63) is 113 Å². The third-order valence-electron chi connectivity index (χ3n) is 7.39. The van der Waals surface area contributed by atoms with E-state index in [9.17, 15) is 14.0 Å². The first-order valence-electron chi connectivity index (χ1n) is 12.9. The molecule has 0 bridgehead atoms. The van der Waals surface area contributed by atoms with Gasteiger partial charge in [0.2, 0.25) is 0 Å². The van der Waals surface area contributed by atoms with Gasteiger partial charge in [-0.3, -0.25) is 14.6 Å². The van der Waals surface area contributed by atoms with Crippen LogP contribution in [0.2, 0.25) is 0 Å². The van der Waals surface area contributed by atoms with Crippen LogP contribution in [0.4, 0.5) is 8.78 Å². The van der Waals surface area contributed by atoms with Crippen LogP contribution in [0.1, 0.15) is 44.8 Å². The van der Waals surface area contributed by atoms with Gasteiger partial charge in [-0.2, -0.15) is 0 Å². The fraction of sp³-hybridized carbons (Fsp3) is 0.156. The molecule has 1 aliphatic rings. The van der Waals surface area contributed by atoms with Crippen molar-refractivity contribution < 1.29 is 22.8 Å². The van der Waals surface area contributed by atoms with E-state index in [1.807, 2.05) is 18.2 Å². The topological polar surface area (TPSA) is 84.2 Å². The third kappa shape index (κ3) is 4.31. The number of nitrogens with one attached hydrogen (secondary N) is 2. The molecule has 1 aliphatic carbocycles. The normalized spacial score (nSPS) is 13.7. The number of carbonyl (C=O) groups excluding carboxylic acids is 2. The molecule has 2 amide bonds. The van der Waals surface area contributed by atoms with Gasteiger partial charge in [-0.25, -0.2) is 8.78 Å². The van der Waals surface area contributed by atoms with Crippen LogP contribution in [0, 0.1) is 18.6 Å². The highest BCUT2D eigenvalue weighted by Crippen LogP contribution is 2.45. The molecular weight excluding hydrogens is 512 g/mol. The van der Waals surface area contributed by atoms with Gasteiger partial charge in [0, 0.05) is 29.8 Å². The quantitative estimate of drug-likeness (QED) is 0.258. The molecule has 0 atom stereocenters. The molecule has 40 heavy (non-hydrogen) atoms. The van der Waals surface area contributed by atoms with Crippen LogP contribution in [0.5, 0.6) is 0 Å². The molecule has 3 aromatic carbocycles. The van der Waals surface area contributed by atoms with E-state index in [0.717, 1.165) is 18.5 Å². The Morgan fingerprint density at radius 1 is 0.925 bits per heavy atom. The predicted octanol–water partition coefficient (Wildman–Crippen LogP) is 6.53. The molecule has 0 saturated heterocycles. The molecule has 0 aliphatic heterocycles. The summed E-state index contributed by atoms with van der Waals surface area (Å²) < 4.78 is 35.6. The molecule has 0 spiro atoms. The molecule has 200 valence electrons. The number of halogens is 2. The first-order chi connectivity index (χ1) is 19.3. The first-order valence-corrected chi connectivity index (χ1v) is 12.9. The summed E-state index contributed by atoms with van der Waals surface area (Å²) in [6, 6.07) is 19.4. The van der Waals surface area contributed by atoms with Crippen molar-refractivity contribution in [3.63, 3.8) is 0 Å². The number of furan rings is 1. The van der Waals surface area contributed by atoms with Crippen LogP contribution in [0.3, 0.4) is 0 Å². The minimum atomic E-state index is -0.655. The third-order valence-corrected chi connectivity index (χ3v) is 7.39. The van der Waals surface area contributed by atoms with Gasteiger partial charge in [-0.05, 0) is 85.5 Å². The van der Waals surface area contributed by atoms with E-state index < -0.39 is 29.0 Å². The van der Waals surface area contributed by atoms with E-state index in [-0.39, 0.29) is 22.5 Å². The number of aromatic nitrogens is 1. The maximum atomic E-state index is 16.1. The van der Waals surface area contributed by atoms with Crippen LogP contribution in [-0.2, 0) is 5.54 Å². The minimum Gasteiger partial charge on any atom is -0.455 e. The molecule has 1 saturated carbocycles. The highest BCUT2D eigenvalue weighted by Gasteiger charge is 2.47. The SMILES string of the molecule is CNC(=O)c1c(-c2ccc(F)cc2)oc2ccc(-c3c(C)ccc(C(=O)NC4(c5ccccn5)CC4)c3F)cc12. The summed E-state index contributed by atoms with van der Waals surface area (Å²) in [5, 5.41) is 6.08. The second kappa shape index (κ2) is 9.72. The number of benzene rings is 3. The van der Waals surface area contributed by atoms with Crippen LogP contribution in [0.25, 0.3) is 33.4 Å². The molecule has 6 rings (SSSR count). The zero-order chi connectivity index (χ0) is 28.0. The van der Waals surface area contributed by atoms with Crippen LogP contribution in [0.15, 0.2) is 83.4 Å². The lowest BCUT2D eigenvalue weighted by atomic mass is 9.94. The van der Waals surface area contributed by atoms with Crippen molar-refractivity contribution in [3.8, 4) is 22.5 Å². The second-order valence-electron chi connectivity index (χ2n) is 9.97. The lowest BCUT2D eigenvalue weighted by molar-refractivity contribution is 0.0924. The zero-order valence-electron chi connectivity index (χ0n) is 21.8. The van der Waals surface area contributed by atoms with Gasteiger partial charge in [0.1, 0.15) is 23.0 Å². The Labute approximate surface area is 229 Å². The zero-order valence-corrected chi connectivity index (χ0v) is 21.8.